The van der Waals surface area contributed by atoms with E-state index in [9.17, 15) is 5.11 Å². The number of aromatic amines is 1. The third-order valence-corrected chi connectivity index (χ3v) is 3.53. The number of benzene rings is 1. The summed E-state index contributed by atoms with van der Waals surface area (Å²) in [6, 6.07) is 5.48. The van der Waals surface area contributed by atoms with Crippen LogP contribution < -0.4 is 5.43 Å². The van der Waals surface area contributed by atoms with Crippen molar-refractivity contribution in [1.82, 2.24) is 15.2 Å². The predicted molar refractivity (Wildman–Crippen MR) is 90.5 cm³/mol. The van der Waals surface area contributed by atoms with Crippen LogP contribution in [0.1, 0.15) is 11.1 Å². The summed E-state index contributed by atoms with van der Waals surface area (Å²) in [6.45, 7) is 7.31. The van der Waals surface area contributed by atoms with Crippen molar-refractivity contribution >= 4 is 23.9 Å². The number of rotatable bonds is 8. The maximum absolute atomic E-state index is 10.1. The average Bonchev–Trinajstić information content (AvgIpc) is 2.97. The Bertz CT molecular complexity index is 680. The Morgan fingerprint density at radius 1 is 1.36 bits per heavy atom. The first-order valence-electron chi connectivity index (χ1n) is 6.61. The lowest BCUT2D eigenvalue weighted by Crippen LogP contribution is -1.94. The number of allylic oxidation sites excluding steroid dienone is 1. The highest BCUT2D eigenvalue weighted by molar-refractivity contribution is 7.99. The minimum absolute atomic E-state index is 0.202. The summed E-state index contributed by atoms with van der Waals surface area (Å²) in [6.07, 6.45) is 5.66. The summed E-state index contributed by atoms with van der Waals surface area (Å²) in [4.78, 5) is 4.20. The fourth-order valence-corrected chi connectivity index (χ4v) is 2.23. The molecule has 2 aromatic rings. The van der Waals surface area contributed by atoms with Crippen LogP contribution in [0, 0.1) is 0 Å². The number of anilines is 1. The van der Waals surface area contributed by atoms with E-state index < -0.39 is 0 Å². The number of aromatic nitrogens is 3. The largest absolute Gasteiger partial charge is 0.507 e. The van der Waals surface area contributed by atoms with Gasteiger partial charge in [-0.25, -0.2) is 10.5 Å². The minimum atomic E-state index is 0.202. The molecular weight excluding hydrogens is 298 g/mol. The van der Waals surface area contributed by atoms with Gasteiger partial charge < -0.3 is 5.11 Å². The van der Waals surface area contributed by atoms with Gasteiger partial charge in [0.1, 0.15) is 5.75 Å². The van der Waals surface area contributed by atoms with Gasteiger partial charge in [-0.05, 0) is 18.1 Å². The Morgan fingerprint density at radius 2 is 2.23 bits per heavy atom. The second kappa shape index (κ2) is 8.04. The molecular formula is C15H17N5OS. The molecule has 0 saturated heterocycles. The number of phenolic OH excluding ortho intramolecular Hbond substituents is 1. The number of hydrogen-bond donors (Lipinski definition) is 3. The van der Waals surface area contributed by atoms with E-state index in [2.05, 4.69) is 38.9 Å². The highest BCUT2D eigenvalue weighted by Gasteiger charge is 2.04. The zero-order valence-corrected chi connectivity index (χ0v) is 12.8. The van der Waals surface area contributed by atoms with Gasteiger partial charge >= 0.3 is 0 Å². The van der Waals surface area contributed by atoms with Crippen molar-refractivity contribution in [3.8, 4) is 5.75 Å². The van der Waals surface area contributed by atoms with Gasteiger partial charge in [0, 0.05) is 11.3 Å². The molecule has 3 N–H and O–H groups in total. The summed E-state index contributed by atoms with van der Waals surface area (Å²) < 4.78 is 0. The van der Waals surface area contributed by atoms with Crippen LogP contribution in [-0.2, 0) is 6.42 Å². The van der Waals surface area contributed by atoms with E-state index >= 15 is 0 Å². The fourth-order valence-electron chi connectivity index (χ4n) is 1.69. The zero-order valence-electron chi connectivity index (χ0n) is 12.0. The molecule has 22 heavy (non-hydrogen) atoms. The molecule has 0 aliphatic heterocycles. The van der Waals surface area contributed by atoms with E-state index in [0.717, 1.165) is 11.3 Å². The van der Waals surface area contributed by atoms with Crippen LogP contribution in [-0.4, -0.2) is 32.3 Å². The molecule has 0 unspecified atom stereocenters. The molecule has 1 heterocycles. The highest BCUT2D eigenvalue weighted by atomic mass is 32.2. The monoisotopic (exact) mass is 315 g/mol. The number of nitrogens with zero attached hydrogens (tertiary/aromatic N) is 3. The van der Waals surface area contributed by atoms with E-state index in [-0.39, 0.29) is 5.75 Å². The van der Waals surface area contributed by atoms with E-state index in [4.69, 9.17) is 0 Å². The molecule has 1 aromatic carbocycles. The summed E-state index contributed by atoms with van der Waals surface area (Å²) in [5, 5.41) is 21.5. The molecule has 0 spiro atoms. The first-order chi connectivity index (χ1) is 10.7. The predicted octanol–water partition coefficient (Wildman–Crippen LogP) is 2.96. The molecule has 0 aliphatic rings. The molecule has 0 aliphatic carbocycles. The maximum atomic E-state index is 10.1. The van der Waals surface area contributed by atoms with Gasteiger partial charge in [-0.2, -0.15) is 10.1 Å². The number of hydrogen-bond acceptors (Lipinski definition) is 6. The van der Waals surface area contributed by atoms with Gasteiger partial charge in [0.25, 0.3) is 0 Å². The second-order valence-electron chi connectivity index (χ2n) is 4.28. The van der Waals surface area contributed by atoms with Crippen LogP contribution in [0.25, 0.3) is 0 Å². The number of para-hydroxylation sites is 1. The zero-order chi connectivity index (χ0) is 15.8. The number of thioether (sulfide) groups is 1. The van der Waals surface area contributed by atoms with Crippen molar-refractivity contribution in [3.63, 3.8) is 0 Å². The Balaban J connectivity index is 2.00. The number of H-pyrrole nitrogens is 1. The van der Waals surface area contributed by atoms with Crippen molar-refractivity contribution in [2.45, 2.75) is 11.6 Å². The molecule has 6 nitrogen and oxygen atoms in total. The lowest BCUT2D eigenvalue weighted by molar-refractivity contribution is 0.469. The molecule has 1 aromatic heterocycles. The van der Waals surface area contributed by atoms with Gasteiger partial charge in [0.05, 0.1) is 6.21 Å². The summed E-state index contributed by atoms with van der Waals surface area (Å²) in [7, 11) is 0. The van der Waals surface area contributed by atoms with Gasteiger partial charge in [0.2, 0.25) is 11.1 Å². The van der Waals surface area contributed by atoms with Crippen molar-refractivity contribution in [2.75, 3.05) is 11.2 Å². The lowest BCUT2D eigenvalue weighted by Gasteiger charge is -2.04. The number of nitrogens with one attached hydrogen (secondary N) is 2. The maximum Gasteiger partial charge on any atom is 0.240 e. The number of hydrazone groups is 1. The van der Waals surface area contributed by atoms with Crippen LogP contribution in [0.5, 0.6) is 5.75 Å². The summed E-state index contributed by atoms with van der Waals surface area (Å²) >= 11 is 1.47. The second-order valence-corrected chi connectivity index (χ2v) is 5.27. The minimum Gasteiger partial charge on any atom is -0.507 e. The molecule has 0 bridgehead atoms. The van der Waals surface area contributed by atoms with Crippen LogP contribution >= 0.6 is 11.8 Å². The fraction of sp³-hybridized carbons (Fsp3) is 0.133. The number of phenols is 1. The van der Waals surface area contributed by atoms with Gasteiger partial charge in [-0.15, -0.1) is 18.3 Å². The molecule has 2 rings (SSSR count). The topological polar surface area (TPSA) is 86.2 Å². The normalized spacial score (nSPS) is 10.7. The summed E-state index contributed by atoms with van der Waals surface area (Å²) in [5.74, 6) is 1.38. The van der Waals surface area contributed by atoms with Crippen LogP contribution in [0.3, 0.4) is 0 Å². The Morgan fingerprint density at radius 3 is 3.00 bits per heavy atom. The van der Waals surface area contributed by atoms with E-state index in [1.54, 1.807) is 18.2 Å². The van der Waals surface area contributed by atoms with E-state index in [0.29, 0.717) is 23.1 Å². The van der Waals surface area contributed by atoms with Crippen molar-refractivity contribution in [2.24, 2.45) is 5.10 Å². The van der Waals surface area contributed by atoms with Crippen molar-refractivity contribution in [1.29, 1.82) is 0 Å². The SMILES string of the molecule is C=CCSc1n[nH]c(N/N=C/c2cccc(CC=C)c2O)n1. The van der Waals surface area contributed by atoms with Crippen molar-refractivity contribution in [3.05, 3.63) is 54.6 Å². The van der Waals surface area contributed by atoms with E-state index in [1.165, 1.54) is 18.0 Å². The molecule has 114 valence electrons. The third-order valence-electron chi connectivity index (χ3n) is 2.68. The van der Waals surface area contributed by atoms with Crippen LogP contribution in [0.2, 0.25) is 0 Å². The van der Waals surface area contributed by atoms with Gasteiger partial charge in [-0.1, -0.05) is 36.0 Å². The smallest absolute Gasteiger partial charge is 0.240 e. The number of aromatic hydroxyl groups is 1. The Kier molecular flexibility index (Phi) is 5.79. The van der Waals surface area contributed by atoms with Crippen LogP contribution in [0.4, 0.5) is 5.95 Å². The highest BCUT2D eigenvalue weighted by Crippen LogP contribution is 2.21. The van der Waals surface area contributed by atoms with Crippen LogP contribution in [0.15, 0.2) is 53.8 Å². The molecule has 0 fully saturated rings. The molecule has 0 radical (unpaired) electrons. The van der Waals surface area contributed by atoms with Gasteiger partial charge in [-0.3, -0.25) is 0 Å². The molecule has 0 amide bonds. The molecule has 7 heteroatoms. The summed E-state index contributed by atoms with van der Waals surface area (Å²) in [5.41, 5.74) is 4.16. The molecule has 0 atom stereocenters. The lowest BCUT2D eigenvalue weighted by atomic mass is 10.1. The van der Waals surface area contributed by atoms with Gasteiger partial charge in [0.15, 0.2) is 0 Å². The van der Waals surface area contributed by atoms with Crippen molar-refractivity contribution < 1.29 is 5.11 Å². The Labute approximate surface area is 133 Å². The Hall–Kier alpha value is -2.54. The first kappa shape index (κ1) is 15.8. The molecule has 0 saturated carbocycles. The third kappa shape index (κ3) is 4.23. The average molecular weight is 315 g/mol. The first-order valence-corrected chi connectivity index (χ1v) is 7.60. The van der Waals surface area contributed by atoms with E-state index in [1.807, 2.05) is 12.1 Å². The standard InChI is InChI=1S/C15H17N5OS/c1-3-6-11-7-5-8-12(13(11)21)10-16-18-14-17-15(20-19-14)22-9-4-2/h3-5,7-8,10,21H,1-2,6,9H2,(H2,17,18,19,20)/b16-10+. The quantitative estimate of drug-likeness (QED) is 0.302.